The van der Waals surface area contributed by atoms with E-state index in [1.54, 1.807) is 0 Å². The van der Waals surface area contributed by atoms with Crippen molar-refractivity contribution in [3.63, 3.8) is 0 Å². The minimum Gasteiger partial charge on any atom is -0.507 e. The number of phenolic OH excluding ortho intramolecular Hbond substituents is 3. The maximum absolute atomic E-state index is 13.1. The van der Waals surface area contributed by atoms with Gasteiger partial charge in [0.2, 0.25) is 6.29 Å². The first-order valence-electron chi connectivity index (χ1n) is 17.3. The number of methoxy groups -OCH3 is 2. The van der Waals surface area contributed by atoms with Crippen LogP contribution >= 0.6 is 0 Å². The first kappa shape index (κ1) is 42.2. The molecule has 0 radical (unpaired) electrons. The number of esters is 1. The Morgan fingerprint density at radius 1 is 0.695 bits per heavy atom. The minimum absolute atomic E-state index is 0.0432. The van der Waals surface area contributed by atoms with Crippen molar-refractivity contribution >= 4 is 35.0 Å². The Kier molecular flexibility index (Phi) is 12.3. The van der Waals surface area contributed by atoms with E-state index in [-0.39, 0.29) is 45.3 Å². The number of carboxylic acids is 2. The number of aliphatic carboxylic acids is 2. The molecule has 9 N–H and O–H groups in total. The molecule has 2 fully saturated rings. The lowest BCUT2D eigenvalue weighted by atomic mass is 9.96. The van der Waals surface area contributed by atoms with Gasteiger partial charge in [-0.05, 0) is 42.0 Å². The Labute approximate surface area is 330 Å². The summed E-state index contributed by atoms with van der Waals surface area (Å²) in [6.45, 7) is 0. The first-order chi connectivity index (χ1) is 28.0. The standard InChI is InChI=1S/C38H36O21/c1-52-22-9-14(3-6-17(22)39)4-8-25(43)56-33-29(46)27(44)32(36(50)51)58-38(33)59-34-30(47)28(45)31(35(48)49)57-37(34)54-16-11-19(41)26-20(42)13-21(55-24(26)12-16)15-5-7-18(40)23(10-15)53-2/h3-13,27-34,37-41,44-47H,1-2H3,(H,48,49)(H,50,51)/b8-4+/t27-,28-,29-,30-,31?,32?,33?,34?,37+,38-/m0/s1. The maximum Gasteiger partial charge on any atom is 0.335 e. The number of carbonyl (C=O) groups is 3. The normalized spacial score (nSPS) is 26.9. The highest BCUT2D eigenvalue weighted by Gasteiger charge is 2.55. The van der Waals surface area contributed by atoms with Gasteiger partial charge in [0.25, 0.3) is 0 Å². The lowest BCUT2D eigenvalue weighted by Crippen LogP contribution is -2.66. The average molecular weight is 829 g/mol. The summed E-state index contributed by atoms with van der Waals surface area (Å²) in [4.78, 5) is 50.2. The second kappa shape index (κ2) is 17.2. The highest BCUT2D eigenvalue weighted by atomic mass is 16.8. The molecule has 3 heterocycles. The number of aromatic hydroxyl groups is 3. The van der Waals surface area contributed by atoms with Crippen LogP contribution < -0.4 is 19.6 Å². The molecule has 6 rings (SSSR count). The molecule has 10 atom stereocenters. The van der Waals surface area contributed by atoms with Gasteiger partial charge in [-0.25, -0.2) is 14.4 Å². The van der Waals surface area contributed by atoms with Crippen molar-refractivity contribution in [3.8, 4) is 45.8 Å². The van der Waals surface area contributed by atoms with E-state index in [1.165, 1.54) is 56.7 Å². The number of carbonyl (C=O) groups excluding carboxylic acids is 1. The van der Waals surface area contributed by atoms with E-state index in [0.717, 1.165) is 24.3 Å². The zero-order valence-electron chi connectivity index (χ0n) is 30.5. The van der Waals surface area contributed by atoms with E-state index in [1.807, 2.05) is 0 Å². The molecule has 21 heteroatoms. The van der Waals surface area contributed by atoms with Crippen LogP contribution in [0.15, 0.2) is 69.9 Å². The van der Waals surface area contributed by atoms with Gasteiger partial charge in [0.1, 0.15) is 52.6 Å². The van der Waals surface area contributed by atoms with Gasteiger partial charge >= 0.3 is 17.9 Å². The van der Waals surface area contributed by atoms with Crippen molar-refractivity contribution in [2.75, 3.05) is 14.2 Å². The number of aliphatic hydroxyl groups excluding tert-OH is 4. The highest BCUT2D eigenvalue weighted by molar-refractivity contribution is 5.88. The molecule has 0 amide bonds. The molecule has 2 aliphatic heterocycles. The summed E-state index contributed by atoms with van der Waals surface area (Å²) >= 11 is 0. The van der Waals surface area contributed by atoms with Crippen molar-refractivity contribution in [1.29, 1.82) is 0 Å². The number of aliphatic hydroxyl groups is 4. The Morgan fingerprint density at radius 2 is 1.29 bits per heavy atom. The van der Waals surface area contributed by atoms with Crippen molar-refractivity contribution < 1.29 is 97.9 Å². The van der Waals surface area contributed by atoms with Crippen LogP contribution in [-0.4, -0.2) is 139 Å². The number of fused-ring (bicyclic) bond motifs is 1. The molecule has 2 aliphatic rings. The Hall–Kier alpha value is -6.46. The van der Waals surface area contributed by atoms with Crippen LogP contribution in [-0.2, 0) is 33.3 Å². The molecule has 3 aromatic carbocycles. The summed E-state index contributed by atoms with van der Waals surface area (Å²) in [5, 5.41) is 93.3. The second-order valence-electron chi connectivity index (χ2n) is 13.1. The zero-order valence-corrected chi connectivity index (χ0v) is 30.5. The lowest BCUT2D eigenvalue weighted by Gasteiger charge is -2.45. The van der Waals surface area contributed by atoms with Crippen LogP contribution in [0.4, 0.5) is 0 Å². The average Bonchev–Trinajstić information content (AvgIpc) is 3.19. The Balaban J connectivity index is 1.33. The molecule has 1 aromatic heterocycles. The fraction of sp³-hybridized carbons (Fsp3) is 0.316. The summed E-state index contributed by atoms with van der Waals surface area (Å²) in [5.41, 5.74) is -0.420. The molecule has 0 saturated carbocycles. The van der Waals surface area contributed by atoms with Crippen molar-refractivity contribution in [1.82, 2.24) is 0 Å². The third kappa shape index (κ3) is 8.71. The molecule has 4 aromatic rings. The predicted octanol–water partition coefficient (Wildman–Crippen LogP) is 0.0458. The number of phenols is 3. The van der Waals surface area contributed by atoms with E-state index in [9.17, 15) is 65.1 Å². The molecular weight excluding hydrogens is 792 g/mol. The van der Waals surface area contributed by atoms with Gasteiger partial charge in [-0.2, -0.15) is 0 Å². The van der Waals surface area contributed by atoms with E-state index in [4.69, 9.17) is 37.6 Å². The summed E-state index contributed by atoms with van der Waals surface area (Å²) in [5.74, 6) is -6.27. The number of benzene rings is 3. The van der Waals surface area contributed by atoms with Gasteiger partial charge in [0.05, 0.1) is 14.2 Å². The predicted molar refractivity (Wildman–Crippen MR) is 193 cm³/mol. The molecule has 0 aliphatic carbocycles. The van der Waals surface area contributed by atoms with Crippen LogP contribution in [0.3, 0.4) is 0 Å². The summed E-state index contributed by atoms with van der Waals surface area (Å²) in [6, 6.07) is 11.1. The van der Waals surface area contributed by atoms with Gasteiger partial charge in [-0.15, -0.1) is 0 Å². The third-order valence-corrected chi connectivity index (χ3v) is 9.24. The largest absolute Gasteiger partial charge is 0.507 e. The number of ether oxygens (including phenoxy) is 7. The number of rotatable bonds is 12. The van der Waals surface area contributed by atoms with Crippen LogP contribution in [0.1, 0.15) is 5.56 Å². The van der Waals surface area contributed by atoms with E-state index >= 15 is 0 Å². The minimum atomic E-state index is -2.27. The van der Waals surface area contributed by atoms with Crippen LogP contribution in [0, 0.1) is 0 Å². The monoisotopic (exact) mass is 828 g/mol. The molecule has 314 valence electrons. The zero-order chi connectivity index (χ0) is 42.9. The molecule has 21 nitrogen and oxygen atoms in total. The van der Waals surface area contributed by atoms with Gasteiger partial charge < -0.3 is 83.5 Å². The highest BCUT2D eigenvalue weighted by Crippen LogP contribution is 2.37. The van der Waals surface area contributed by atoms with Gasteiger partial charge in [-0.1, -0.05) is 6.07 Å². The topological polar surface area (TPSA) is 328 Å². The Morgan fingerprint density at radius 3 is 1.92 bits per heavy atom. The summed E-state index contributed by atoms with van der Waals surface area (Å²) < 4.78 is 43.7. The van der Waals surface area contributed by atoms with Gasteiger partial charge in [-0.3, -0.25) is 4.79 Å². The second-order valence-corrected chi connectivity index (χ2v) is 13.1. The molecule has 0 bridgehead atoms. The number of carboxylic acid groups (broad SMARTS) is 2. The van der Waals surface area contributed by atoms with E-state index in [0.29, 0.717) is 5.56 Å². The fourth-order valence-electron chi connectivity index (χ4n) is 6.27. The van der Waals surface area contributed by atoms with Crippen LogP contribution in [0.2, 0.25) is 0 Å². The Bertz CT molecular complexity index is 2320. The van der Waals surface area contributed by atoms with Gasteiger partial charge in [0, 0.05) is 29.8 Å². The smallest absolute Gasteiger partial charge is 0.335 e. The van der Waals surface area contributed by atoms with Crippen molar-refractivity contribution in [2.45, 2.75) is 61.4 Å². The van der Waals surface area contributed by atoms with Gasteiger partial charge in [0.15, 0.2) is 59.1 Å². The van der Waals surface area contributed by atoms with Crippen LogP contribution in [0.25, 0.3) is 28.4 Å². The summed E-state index contributed by atoms with van der Waals surface area (Å²) in [6.07, 6.45) is -19.8. The SMILES string of the molecule is COc1cc(/C=C/C(=O)OC2[C@H](OC3[C@H](Oc4cc(O)c5c(=O)cc(-c6ccc(O)c(OC)c6)oc5c4)OC(C(=O)O)[C@@H](O)[C@@H]3O)OC(C(=O)O)[C@@H](O)[C@@H]2O)ccc1O. The van der Waals surface area contributed by atoms with Crippen LogP contribution in [0.5, 0.6) is 34.5 Å². The van der Waals surface area contributed by atoms with Crippen molar-refractivity contribution in [3.05, 3.63) is 76.5 Å². The molecule has 4 unspecified atom stereocenters. The molecule has 2 saturated heterocycles. The van der Waals surface area contributed by atoms with E-state index in [2.05, 4.69) is 0 Å². The molecule has 0 spiro atoms. The first-order valence-corrected chi connectivity index (χ1v) is 17.3. The van der Waals surface area contributed by atoms with E-state index < -0.39 is 96.2 Å². The third-order valence-electron chi connectivity index (χ3n) is 9.24. The summed E-state index contributed by atoms with van der Waals surface area (Å²) in [7, 11) is 2.59. The molecule has 59 heavy (non-hydrogen) atoms. The quantitative estimate of drug-likeness (QED) is 0.0672. The van der Waals surface area contributed by atoms with Crippen molar-refractivity contribution in [2.24, 2.45) is 0 Å². The fourth-order valence-corrected chi connectivity index (χ4v) is 6.27. The number of hydrogen-bond donors (Lipinski definition) is 9. The number of hydrogen-bond acceptors (Lipinski definition) is 19. The molecular formula is C38H36O21. The maximum atomic E-state index is 13.1. The lowest BCUT2D eigenvalue weighted by molar-refractivity contribution is -0.350.